The Labute approximate surface area is 207 Å². The van der Waals surface area contributed by atoms with Crippen LogP contribution >= 0.6 is 22.9 Å². The van der Waals surface area contributed by atoms with Crippen LogP contribution in [-0.2, 0) is 11.2 Å². The van der Waals surface area contributed by atoms with Crippen LogP contribution in [0.3, 0.4) is 0 Å². The first-order chi connectivity index (χ1) is 16.3. The molecule has 0 aliphatic carbocycles. The number of nitrogens with zero attached hydrogens (tertiary/aromatic N) is 2. The first kappa shape index (κ1) is 24.2. The standard InChI is InChI=1S/C26H26ClFN2O3S/c1-17(2)30(26(32)20-5-3-4-6-22(20)28)15-25(31)29-13-11-24-21(12-14-34-24)23(29)16-33-19-9-7-18(27)8-10-19/h3-10,12,14,17,23H,11,13,15-16H2,1-2H3/t23-/m0/s1. The Morgan fingerprint density at radius 1 is 1.18 bits per heavy atom. The number of benzene rings is 2. The van der Waals surface area contributed by atoms with E-state index in [4.69, 9.17) is 16.3 Å². The average molecular weight is 501 g/mol. The number of rotatable bonds is 7. The van der Waals surface area contributed by atoms with E-state index in [-0.39, 0.29) is 36.7 Å². The summed E-state index contributed by atoms with van der Waals surface area (Å²) in [6.07, 6.45) is 0.749. The maximum atomic E-state index is 14.3. The Kier molecular flexibility index (Phi) is 7.54. The summed E-state index contributed by atoms with van der Waals surface area (Å²) >= 11 is 7.64. The molecule has 0 saturated heterocycles. The molecule has 178 valence electrons. The monoisotopic (exact) mass is 500 g/mol. The Morgan fingerprint density at radius 3 is 2.62 bits per heavy atom. The molecule has 1 aliphatic rings. The topological polar surface area (TPSA) is 49.9 Å². The average Bonchev–Trinajstić information content (AvgIpc) is 3.31. The van der Waals surface area contributed by atoms with Crippen molar-refractivity contribution in [2.45, 2.75) is 32.4 Å². The highest BCUT2D eigenvalue weighted by atomic mass is 35.5. The van der Waals surface area contributed by atoms with Crippen molar-refractivity contribution in [2.75, 3.05) is 19.7 Å². The second-order valence-corrected chi connectivity index (χ2v) is 9.86. The summed E-state index contributed by atoms with van der Waals surface area (Å²) in [6, 6.07) is 14.4. The van der Waals surface area contributed by atoms with E-state index in [2.05, 4.69) is 0 Å². The van der Waals surface area contributed by atoms with Gasteiger partial charge in [0.05, 0.1) is 11.6 Å². The third-order valence-electron chi connectivity index (χ3n) is 5.93. The third kappa shape index (κ3) is 5.26. The minimum atomic E-state index is -0.597. The van der Waals surface area contributed by atoms with E-state index in [9.17, 15) is 14.0 Å². The fraction of sp³-hybridized carbons (Fsp3) is 0.308. The van der Waals surface area contributed by atoms with E-state index < -0.39 is 11.7 Å². The number of ether oxygens (including phenoxy) is 1. The van der Waals surface area contributed by atoms with E-state index in [1.165, 1.54) is 28.0 Å². The molecule has 0 N–H and O–H groups in total. The largest absolute Gasteiger partial charge is 0.491 e. The van der Waals surface area contributed by atoms with Crippen molar-refractivity contribution < 1.29 is 18.7 Å². The number of thiophene rings is 1. The predicted molar refractivity (Wildman–Crippen MR) is 132 cm³/mol. The lowest BCUT2D eigenvalue weighted by Gasteiger charge is -2.37. The minimum Gasteiger partial charge on any atom is -0.491 e. The predicted octanol–water partition coefficient (Wildman–Crippen LogP) is 5.60. The maximum absolute atomic E-state index is 14.3. The molecule has 2 heterocycles. The maximum Gasteiger partial charge on any atom is 0.257 e. The number of amides is 2. The van der Waals surface area contributed by atoms with Crippen molar-refractivity contribution in [3.63, 3.8) is 0 Å². The zero-order chi connectivity index (χ0) is 24.2. The molecule has 1 aliphatic heterocycles. The van der Waals surface area contributed by atoms with Gasteiger partial charge in [0.1, 0.15) is 24.7 Å². The third-order valence-corrected chi connectivity index (χ3v) is 7.18. The van der Waals surface area contributed by atoms with Crippen LogP contribution in [0.1, 0.15) is 40.7 Å². The molecule has 1 aromatic heterocycles. The van der Waals surface area contributed by atoms with Gasteiger partial charge in [-0.25, -0.2) is 4.39 Å². The summed E-state index contributed by atoms with van der Waals surface area (Å²) in [6.45, 7) is 4.31. The molecule has 0 saturated carbocycles. The van der Waals surface area contributed by atoms with Crippen LogP contribution in [0.4, 0.5) is 4.39 Å². The summed E-state index contributed by atoms with van der Waals surface area (Å²) in [4.78, 5) is 31.0. The Balaban J connectivity index is 1.54. The minimum absolute atomic E-state index is 0.0367. The van der Waals surface area contributed by atoms with Gasteiger partial charge in [0.25, 0.3) is 5.91 Å². The number of hydrogen-bond acceptors (Lipinski definition) is 4. The van der Waals surface area contributed by atoms with Crippen molar-refractivity contribution in [3.05, 3.63) is 86.8 Å². The van der Waals surface area contributed by atoms with Gasteiger partial charge in [0.15, 0.2) is 0 Å². The SMILES string of the molecule is CC(C)N(CC(=O)N1CCc2sccc2[C@@H]1COc1ccc(Cl)cc1)C(=O)c1ccccc1F. The van der Waals surface area contributed by atoms with Crippen LogP contribution in [0.25, 0.3) is 0 Å². The highest BCUT2D eigenvalue weighted by Gasteiger charge is 2.34. The molecule has 0 radical (unpaired) electrons. The van der Waals surface area contributed by atoms with Gasteiger partial charge in [-0.1, -0.05) is 23.7 Å². The normalized spacial score (nSPS) is 15.2. The van der Waals surface area contributed by atoms with Gasteiger partial charge < -0.3 is 14.5 Å². The highest BCUT2D eigenvalue weighted by Crippen LogP contribution is 2.34. The van der Waals surface area contributed by atoms with Crippen LogP contribution in [0, 0.1) is 5.82 Å². The fourth-order valence-electron chi connectivity index (χ4n) is 4.10. The first-order valence-corrected chi connectivity index (χ1v) is 12.4. The van der Waals surface area contributed by atoms with E-state index in [1.807, 2.05) is 25.3 Å². The molecule has 2 amide bonds. The van der Waals surface area contributed by atoms with Crippen LogP contribution in [-0.4, -0.2) is 47.4 Å². The Bertz CT molecular complexity index is 1160. The van der Waals surface area contributed by atoms with Crippen LogP contribution in [0.5, 0.6) is 5.75 Å². The van der Waals surface area contributed by atoms with Crippen molar-refractivity contribution in [1.29, 1.82) is 0 Å². The van der Waals surface area contributed by atoms with Gasteiger partial charge in [-0.15, -0.1) is 11.3 Å². The van der Waals surface area contributed by atoms with Crippen LogP contribution < -0.4 is 4.74 Å². The Morgan fingerprint density at radius 2 is 1.91 bits per heavy atom. The molecule has 5 nitrogen and oxygen atoms in total. The van der Waals surface area contributed by atoms with Crippen molar-refractivity contribution in [1.82, 2.24) is 9.80 Å². The molecule has 3 aromatic rings. The van der Waals surface area contributed by atoms with Crippen molar-refractivity contribution in [3.8, 4) is 5.75 Å². The van der Waals surface area contributed by atoms with Gasteiger partial charge in [0, 0.05) is 22.5 Å². The summed E-state index contributed by atoms with van der Waals surface area (Å²) in [5.74, 6) is -0.623. The molecular formula is C26H26ClFN2O3S. The van der Waals surface area contributed by atoms with E-state index in [0.717, 1.165) is 12.0 Å². The quantitative estimate of drug-likeness (QED) is 0.424. The molecule has 0 unspecified atom stereocenters. The number of carbonyl (C=O) groups excluding carboxylic acids is 2. The summed E-state index contributed by atoms with van der Waals surface area (Å²) in [7, 11) is 0. The summed E-state index contributed by atoms with van der Waals surface area (Å²) < 4.78 is 20.3. The van der Waals surface area contributed by atoms with Crippen LogP contribution in [0.15, 0.2) is 60.0 Å². The lowest BCUT2D eigenvalue weighted by molar-refractivity contribution is -0.136. The molecule has 0 bridgehead atoms. The van der Waals surface area contributed by atoms with E-state index in [0.29, 0.717) is 17.3 Å². The highest BCUT2D eigenvalue weighted by molar-refractivity contribution is 7.10. The Hall–Kier alpha value is -2.90. The van der Waals surface area contributed by atoms with Gasteiger partial charge in [-0.3, -0.25) is 9.59 Å². The number of carbonyl (C=O) groups is 2. The number of hydrogen-bond donors (Lipinski definition) is 0. The lowest BCUT2D eigenvalue weighted by Crippen LogP contribution is -2.49. The lowest BCUT2D eigenvalue weighted by atomic mass is 10.00. The first-order valence-electron chi connectivity index (χ1n) is 11.1. The molecule has 0 spiro atoms. The van der Waals surface area contributed by atoms with Gasteiger partial charge >= 0.3 is 0 Å². The summed E-state index contributed by atoms with van der Waals surface area (Å²) in [5, 5.41) is 2.64. The van der Waals surface area contributed by atoms with Gasteiger partial charge in [-0.2, -0.15) is 0 Å². The van der Waals surface area contributed by atoms with E-state index in [1.54, 1.807) is 46.6 Å². The molecule has 8 heteroatoms. The van der Waals surface area contributed by atoms with Gasteiger partial charge in [-0.05, 0) is 73.7 Å². The van der Waals surface area contributed by atoms with Crippen molar-refractivity contribution >= 4 is 34.8 Å². The zero-order valence-corrected chi connectivity index (χ0v) is 20.6. The zero-order valence-electron chi connectivity index (χ0n) is 19.0. The van der Waals surface area contributed by atoms with Crippen molar-refractivity contribution in [2.24, 2.45) is 0 Å². The second kappa shape index (κ2) is 10.6. The fourth-order valence-corrected chi connectivity index (χ4v) is 5.15. The van der Waals surface area contributed by atoms with E-state index >= 15 is 0 Å². The molecule has 0 fully saturated rings. The number of halogens is 2. The summed E-state index contributed by atoms with van der Waals surface area (Å²) in [5.41, 5.74) is 1.03. The van der Waals surface area contributed by atoms with Gasteiger partial charge in [0.2, 0.25) is 5.91 Å². The number of fused-ring (bicyclic) bond motifs is 1. The second-order valence-electron chi connectivity index (χ2n) is 8.42. The molecule has 34 heavy (non-hydrogen) atoms. The smallest absolute Gasteiger partial charge is 0.257 e. The molecule has 2 aromatic carbocycles. The molecule has 1 atom stereocenters. The molecule has 4 rings (SSSR count). The van der Waals surface area contributed by atoms with Crippen LogP contribution in [0.2, 0.25) is 5.02 Å². The molecular weight excluding hydrogens is 475 g/mol.